The van der Waals surface area contributed by atoms with Gasteiger partial charge in [-0.05, 0) is 38.1 Å². The molecule has 21 heavy (non-hydrogen) atoms. The minimum Gasteiger partial charge on any atom is -0.481 e. The molecule has 2 aromatic rings. The van der Waals surface area contributed by atoms with Crippen molar-refractivity contribution in [3.05, 3.63) is 36.2 Å². The highest BCUT2D eigenvalue weighted by Crippen LogP contribution is 2.21. The van der Waals surface area contributed by atoms with Crippen molar-refractivity contribution in [1.29, 1.82) is 0 Å². The molecule has 6 heteroatoms. The van der Waals surface area contributed by atoms with Crippen LogP contribution in [0.1, 0.15) is 18.7 Å². The van der Waals surface area contributed by atoms with Gasteiger partial charge in [0.05, 0.1) is 12.5 Å². The highest BCUT2D eigenvalue weighted by atomic mass is 16.4. The molecule has 2 heterocycles. The Morgan fingerprint density at radius 3 is 2.62 bits per heavy atom. The predicted octanol–water partition coefficient (Wildman–Crippen LogP) is 2.03. The molecule has 0 aliphatic carbocycles. The third kappa shape index (κ3) is 3.28. The normalized spacial score (nSPS) is 17.0. The maximum atomic E-state index is 10.9. The summed E-state index contributed by atoms with van der Waals surface area (Å²) >= 11 is 0. The Morgan fingerprint density at radius 1 is 1.24 bits per heavy atom. The Bertz CT molecular complexity index is 604. The van der Waals surface area contributed by atoms with E-state index in [1.807, 2.05) is 30.3 Å². The van der Waals surface area contributed by atoms with E-state index < -0.39 is 5.97 Å². The first-order valence-corrected chi connectivity index (χ1v) is 7.05. The second-order valence-electron chi connectivity index (χ2n) is 5.26. The van der Waals surface area contributed by atoms with Gasteiger partial charge in [0.25, 0.3) is 0 Å². The number of likely N-dealkylation sites (tertiary alicyclic amines) is 1. The van der Waals surface area contributed by atoms with E-state index in [-0.39, 0.29) is 5.92 Å². The van der Waals surface area contributed by atoms with E-state index in [9.17, 15) is 4.79 Å². The maximum Gasteiger partial charge on any atom is 0.306 e. The fourth-order valence-electron chi connectivity index (χ4n) is 2.54. The molecule has 0 amide bonds. The van der Waals surface area contributed by atoms with Crippen molar-refractivity contribution in [2.24, 2.45) is 5.92 Å². The highest BCUT2D eigenvalue weighted by Gasteiger charge is 2.25. The lowest BCUT2D eigenvalue weighted by molar-refractivity contribution is -0.143. The Balaban J connectivity index is 1.60. The van der Waals surface area contributed by atoms with Crippen LogP contribution in [-0.4, -0.2) is 39.3 Å². The van der Waals surface area contributed by atoms with Crippen molar-refractivity contribution in [2.75, 3.05) is 13.1 Å². The van der Waals surface area contributed by atoms with E-state index in [4.69, 9.17) is 9.52 Å². The first kappa shape index (κ1) is 13.8. The molecule has 110 valence electrons. The molecule has 1 fully saturated rings. The number of aromatic nitrogens is 2. The van der Waals surface area contributed by atoms with Crippen LogP contribution < -0.4 is 0 Å². The largest absolute Gasteiger partial charge is 0.481 e. The van der Waals surface area contributed by atoms with E-state index in [0.717, 1.165) is 18.7 Å². The quantitative estimate of drug-likeness (QED) is 0.927. The molecule has 0 spiro atoms. The molecule has 0 radical (unpaired) electrons. The Morgan fingerprint density at radius 2 is 1.95 bits per heavy atom. The van der Waals surface area contributed by atoms with E-state index in [0.29, 0.717) is 31.2 Å². The number of aliphatic carboxylic acids is 1. The third-order valence-corrected chi connectivity index (χ3v) is 3.78. The monoisotopic (exact) mass is 287 g/mol. The zero-order valence-corrected chi connectivity index (χ0v) is 11.6. The van der Waals surface area contributed by atoms with Crippen molar-refractivity contribution in [1.82, 2.24) is 15.1 Å². The molecule has 1 aliphatic rings. The van der Waals surface area contributed by atoms with Gasteiger partial charge in [-0.2, -0.15) is 0 Å². The van der Waals surface area contributed by atoms with E-state index in [2.05, 4.69) is 15.1 Å². The molecular weight excluding hydrogens is 270 g/mol. The van der Waals surface area contributed by atoms with Gasteiger partial charge in [-0.3, -0.25) is 9.69 Å². The standard InChI is InChI=1S/C15H17N3O3/c19-15(20)12-6-8-18(9-7-12)10-13-16-17-14(21-13)11-4-2-1-3-5-11/h1-5,12H,6-10H2,(H,19,20). The van der Waals surface area contributed by atoms with Gasteiger partial charge >= 0.3 is 5.97 Å². The first-order valence-electron chi connectivity index (χ1n) is 7.05. The van der Waals surface area contributed by atoms with E-state index in [1.165, 1.54) is 0 Å². The zero-order valence-electron chi connectivity index (χ0n) is 11.6. The minimum atomic E-state index is -0.696. The molecule has 1 N–H and O–H groups in total. The average molecular weight is 287 g/mol. The number of rotatable bonds is 4. The number of carboxylic acid groups (broad SMARTS) is 1. The maximum absolute atomic E-state index is 10.9. The number of hydrogen-bond donors (Lipinski definition) is 1. The predicted molar refractivity (Wildman–Crippen MR) is 75.4 cm³/mol. The van der Waals surface area contributed by atoms with Crippen LogP contribution in [-0.2, 0) is 11.3 Å². The van der Waals surface area contributed by atoms with E-state index >= 15 is 0 Å². The number of carbonyl (C=O) groups is 1. The van der Waals surface area contributed by atoms with Crippen molar-refractivity contribution in [2.45, 2.75) is 19.4 Å². The van der Waals surface area contributed by atoms with Crippen LogP contribution in [0.15, 0.2) is 34.7 Å². The van der Waals surface area contributed by atoms with Crippen molar-refractivity contribution in [3.63, 3.8) is 0 Å². The molecule has 0 saturated carbocycles. The fourth-order valence-corrected chi connectivity index (χ4v) is 2.54. The van der Waals surface area contributed by atoms with Gasteiger partial charge in [0, 0.05) is 5.56 Å². The van der Waals surface area contributed by atoms with Gasteiger partial charge in [-0.1, -0.05) is 18.2 Å². The Hall–Kier alpha value is -2.21. The van der Waals surface area contributed by atoms with Gasteiger partial charge in [0.2, 0.25) is 11.8 Å². The van der Waals surface area contributed by atoms with Crippen molar-refractivity contribution in [3.8, 4) is 11.5 Å². The molecular formula is C15H17N3O3. The Labute approximate surface area is 122 Å². The molecule has 1 aromatic heterocycles. The molecule has 0 atom stereocenters. The molecule has 6 nitrogen and oxygen atoms in total. The SMILES string of the molecule is O=C(O)C1CCN(Cc2nnc(-c3ccccc3)o2)CC1. The number of carboxylic acids is 1. The smallest absolute Gasteiger partial charge is 0.306 e. The summed E-state index contributed by atoms with van der Waals surface area (Å²) in [5.74, 6) is 0.177. The number of hydrogen-bond acceptors (Lipinski definition) is 5. The van der Waals surface area contributed by atoms with Gasteiger partial charge < -0.3 is 9.52 Å². The molecule has 0 unspecified atom stereocenters. The lowest BCUT2D eigenvalue weighted by Gasteiger charge is -2.28. The molecule has 3 rings (SSSR count). The van der Waals surface area contributed by atoms with Gasteiger partial charge in [-0.15, -0.1) is 10.2 Å². The van der Waals surface area contributed by atoms with Crippen LogP contribution >= 0.6 is 0 Å². The van der Waals surface area contributed by atoms with Crippen LogP contribution in [0.2, 0.25) is 0 Å². The third-order valence-electron chi connectivity index (χ3n) is 3.78. The summed E-state index contributed by atoms with van der Waals surface area (Å²) in [5, 5.41) is 17.1. The average Bonchev–Trinajstić information content (AvgIpc) is 2.97. The first-order chi connectivity index (χ1) is 10.2. The van der Waals surface area contributed by atoms with Gasteiger partial charge in [0.15, 0.2) is 0 Å². The summed E-state index contributed by atoms with van der Waals surface area (Å²) in [4.78, 5) is 13.1. The lowest BCUT2D eigenvalue weighted by Crippen LogP contribution is -2.35. The zero-order chi connectivity index (χ0) is 14.7. The summed E-state index contributed by atoms with van der Waals surface area (Å²) in [7, 11) is 0. The van der Waals surface area contributed by atoms with Crippen LogP contribution in [0.5, 0.6) is 0 Å². The summed E-state index contributed by atoms with van der Waals surface area (Å²) in [6, 6.07) is 9.64. The number of nitrogens with zero attached hydrogens (tertiary/aromatic N) is 3. The molecule has 1 aliphatic heterocycles. The van der Waals surface area contributed by atoms with Crippen molar-refractivity contribution >= 4 is 5.97 Å². The van der Waals surface area contributed by atoms with Crippen molar-refractivity contribution < 1.29 is 14.3 Å². The molecule has 1 aromatic carbocycles. The fraction of sp³-hybridized carbons (Fsp3) is 0.400. The topological polar surface area (TPSA) is 79.5 Å². The van der Waals surface area contributed by atoms with E-state index in [1.54, 1.807) is 0 Å². The number of piperidine rings is 1. The van der Waals surface area contributed by atoms with Crippen LogP contribution in [0, 0.1) is 5.92 Å². The van der Waals surface area contributed by atoms with Crippen LogP contribution in [0.4, 0.5) is 0 Å². The second-order valence-corrected chi connectivity index (χ2v) is 5.26. The van der Waals surface area contributed by atoms with Gasteiger partial charge in [0.1, 0.15) is 0 Å². The summed E-state index contributed by atoms with van der Waals surface area (Å²) in [5.41, 5.74) is 0.904. The van der Waals surface area contributed by atoms with Crippen LogP contribution in [0.25, 0.3) is 11.5 Å². The minimum absolute atomic E-state index is 0.219. The molecule has 1 saturated heterocycles. The Kier molecular flexibility index (Phi) is 3.96. The summed E-state index contributed by atoms with van der Waals surface area (Å²) in [6.07, 6.45) is 1.35. The summed E-state index contributed by atoms with van der Waals surface area (Å²) in [6.45, 7) is 2.08. The highest BCUT2D eigenvalue weighted by molar-refractivity contribution is 5.70. The summed E-state index contributed by atoms with van der Waals surface area (Å²) < 4.78 is 5.67. The molecule has 0 bridgehead atoms. The van der Waals surface area contributed by atoms with Gasteiger partial charge in [-0.25, -0.2) is 0 Å². The van der Waals surface area contributed by atoms with Crippen LogP contribution in [0.3, 0.4) is 0 Å². The second kappa shape index (κ2) is 6.05. The number of benzene rings is 1. The lowest BCUT2D eigenvalue weighted by atomic mass is 9.97.